The third-order valence-corrected chi connectivity index (χ3v) is 5.45. The van der Waals surface area contributed by atoms with Gasteiger partial charge in [0.1, 0.15) is 4.90 Å². The Morgan fingerprint density at radius 1 is 1.24 bits per heavy atom. The van der Waals surface area contributed by atoms with Crippen LogP contribution in [0.3, 0.4) is 0 Å². The number of benzene rings is 1. The summed E-state index contributed by atoms with van der Waals surface area (Å²) >= 11 is 5.87. The number of sulfonamides is 1. The lowest BCUT2D eigenvalue weighted by molar-refractivity contribution is -0.121. The first kappa shape index (κ1) is 16.3. The lowest BCUT2D eigenvalue weighted by Gasteiger charge is -2.12. The van der Waals surface area contributed by atoms with Gasteiger partial charge in [-0.25, -0.2) is 13.1 Å². The Bertz CT molecular complexity index is 598. The van der Waals surface area contributed by atoms with E-state index in [9.17, 15) is 13.2 Å². The highest BCUT2D eigenvalue weighted by Gasteiger charge is 2.19. The second-order valence-corrected chi connectivity index (χ2v) is 7.27. The molecule has 1 aromatic carbocycles. The van der Waals surface area contributed by atoms with E-state index in [1.807, 2.05) is 0 Å². The molecule has 1 aliphatic rings. The average molecular weight is 331 g/mol. The first-order chi connectivity index (χ1) is 9.99. The average Bonchev–Trinajstić information content (AvgIpc) is 2.91. The lowest BCUT2D eigenvalue weighted by Crippen LogP contribution is -2.35. The van der Waals surface area contributed by atoms with Gasteiger partial charge >= 0.3 is 0 Å². The maximum absolute atomic E-state index is 12.1. The Hall–Kier alpha value is -1.11. The van der Waals surface area contributed by atoms with E-state index in [2.05, 4.69) is 10.0 Å². The summed E-state index contributed by atoms with van der Waals surface area (Å²) in [5.41, 5.74) is 0. The van der Waals surface area contributed by atoms with Gasteiger partial charge in [0.2, 0.25) is 15.9 Å². The highest BCUT2D eigenvalue weighted by Crippen LogP contribution is 2.20. The molecule has 7 heteroatoms. The maximum Gasteiger partial charge on any atom is 0.242 e. The molecule has 0 saturated heterocycles. The van der Waals surface area contributed by atoms with Gasteiger partial charge < -0.3 is 5.32 Å². The summed E-state index contributed by atoms with van der Waals surface area (Å²) < 4.78 is 26.5. The highest BCUT2D eigenvalue weighted by molar-refractivity contribution is 7.89. The molecule has 2 N–H and O–H groups in total. The second kappa shape index (κ2) is 7.24. The fourth-order valence-electron chi connectivity index (χ4n) is 2.41. The van der Waals surface area contributed by atoms with Crippen LogP contribution in [-0.2, 0) is 14.8 Å². The molecule has 1 aromatic rings. The van der Waals surface area contributed by atoms with Gasteiger partial charge in [-0.15, -0.1) is 0 Å². The van der Waals surface area contributed by atoms with Gasteiger partial charge in [-0.2, -0.15) is 0 Å². The highest BCUT2D eigenvalue weighted by atomic mass is 35.5. The number of rotatable bonds is 6. The molecule has 0 aliphatic heterocycles. The van der Waals surface area contributed by atoms with E-state index in [0.717, 1.165) is 25.7 Å². The minimum absolute atomic E-state index is 0.0304. The van der Waals surface area contributed by atoms with Crippen LogP contribution >= 0.6 is 11.6 Å². The molecule has 5 nitrogen and oxygen atoms in total. The molecule has 0 spiro atoms. The van der Waals surface area contributed by atoms with Crippen molar-refractivity contribution in [3.05, 3.63) is 29.3 Å². The number of carbonyl (C=O) groups excluding carboxylic acids is 1. The van der Waals surface area contributed by atoms with Gasteiger partial charge in [-0.1, -0.05) is 36.6 Å². The molecule has 1 saturated carbocycles. The van der Waals surface area contributed by atoms with Crippen molar-refractivity contribution in [1.82, 2.24) is 10.0 Å². The summed E-state index contributed by atoms with van der Waals surface area (Å²) in [6.07, 6.45) is 4.43. The summed E-state index contributed by atoms with van der Waals surface area (Å²) in [6, 6.07) is 6.47. The van der Waals surface area contributed by atoms with E-state index >= 15 is 0 Å². The van der Waals surface area contributed by atoms with Crippen LogP contribution in [0.15, 0.2) is 29.2 Å². The van der Waals surface area contributed by atoms with Crippen LogP contribution in [-0.4, -0.2) is 26.9 Å². The van der Waals surface area contributed by atoms with Gasteiger partial charge in [0.25, 0.3) is 0 Å². The topological polar surface area (TPSA) is 75.3 Å². The van der Waals surface area contributed by atoms with E-state index in [1.165, 1.54) is 12.1 Å². The van der Waals surface area contributed by atoms with E-state index in [0.29, 0.717) is 0 Å². The molecule has 0 atom stereocenters. The minimum Gasteiger partial charge on any atom is -0.353 e. The zero-order valence-electron chi connectivity index (χ0n) is 11.6. The molecule has 2 rings (SSSR count). The summed E-state index contributed by atoms with van der Waals surface area (Å²) in [6.45, 7) is 0.0616. The van der Waals surface area contributed by atoms with Crippen molar-refractivity contribution >= 4 is 27.5 Å². The van der Waals surface area contributed by atoms with E-state index in [4.69, 9.17) is 11.6 Å². The van der Waals surface area contributed by atoms with Crippen molar-refractivity contribution in [2.75, 3.05) is 6.54 Å². The lowest BCUT2D eigenvalue weighted by atomic mass is 10.2. The van der Waals surface area contributed by atoms with Crippen LogP contribution < -0.4 is 10.0 Å². The molecular formula is C14H19ClN2O3S. The summed E-state index contributed by atoms with van der Waals surface area (Å²) in [5, 5.41) is 3.08. The molecule has 0 unspecified atom stereocenters. The molecule has 0 heterocycles. The third-order valence-electron chi connectivity index (χ3n) is 3.49. The van der Waals surface area contributed by atoms with Gasteiger partial charge in [-0.3, -0.25) is 4.79 Å². The SMILES string of the molecule is O=C(CCNS(=O)(=O)c1ccccc1Cl)NC1CCCC1. The van der Waals surface area contributed by atoms with Crippen molar-refractivity contribution in [3.63, 3.8) is 0 Å². The van der Waals surface area contributed by atoms with E-state index in [-0.39, 0.29) is 34.8 Å². The fraction of sp³-hybridized carbons (Fsp3) is 0.500. The molecular weight excluding hydrogens is 312 g/mol. The number of hydrogen-bond acceptors (Lipinski definition) is 3. The summed E-state index contributed by atoms with van der Waals surface area (Å²) in [4.78, 5) is 11.7. The zero-order chi connectivity index (χ0) is 15.3. The summed E-state index contributed by atoms with van der Waals surface area (Å²) in [7, 11) is -3.68. The number of amides is 1. The maximum atomic E-state index is 12.1. The predicted molar refractivity (Wildman–Crippen MR) is 81.7 cm³/mol. The third kappa shape index (κ3) is 4.69. The fourth-order valence-corrected chi connectivity index (χ4v) is 3.96. The zero-order valence-corrected chi connectivity index (χ0v) is 13.2. The molecule has 1 aliphatic carbocycles. The van der Waals surface area contributed by atoms with E-state index in [1.54, 1.807) is 12.1 Å². The van der Waals surface area contributed by atoms with Gasteiger partial charge in [0, 0.05) is 19.0 Å². The number of halogens is 1. The van der Waals surface area contributed by atoms with Crippen LogP contribution in [0.25, 0.3) is 0 Å². The minimum atomic E-state index is -3.68. The molecule has 1 fully saturated rings. The Balaban J connectivity index is 1.82. The van der Waals surface area contributed by atoms with Gasteiger partial charge in [0.05, 0.1) is 5.02 Å². The smallest absolute Gasteiger partial charge is 0.242 e. The van der Waals surface area contributed by atoms with Crippen LogP contribution in [0.1, 0.15) is 32.1 Å². The van der Waals surface area contributed by atoms with Crippen LogP contribution in [0, 0.1) is 0 Å². The van der Waals surface area contributed by atoms with Crippen molar-refractivity contribution in [1.29, 1.82) is 0 Å². The number of carbonyl (C=O) groups is 1. The Labute approximate surface area is 130 Å². The van der Waals surface area contributed by atoms with Crippen molar-refractivity contribution < 1.29 is 13.2 Å². The van der Waals surface area contributed by atoms with E-state index < -0.39 is 10.0 Å². The molecule has 0 radical (unpaired) electrons. The second-order valence-electron chi connectivity index (χ2n) is 5.13. The van der Waals surface area contributed by atoms with Crippen molar-refractivity contribution in [2.45, 2.75) is 43.0 Å². The van der Waals surface area contributed by atoms with Crippen LogP contribution in [0.2, 0.25) is 5.02 Å². The summed E-state index contributed by atoms with van der Waals surface area (Å²) in [5.74, 6) is -0.122. The van der Waals surface area contributed by atoms with Gasteiger partial charge in [-0.05, 0) is 25.0 Å². The monoisotopic (exact) mass is 330 g/mol. The Morgan fingerprint density at radius 2 is 1.90 bits per heavy atom. The molecule has 0 bridgehead atoms. The molecule has 0 aromatic heterocycles. The van der Waals surface area contributed by atoms with Crippen LogP contribution in [0.5, 0.6) is 0 Å². The largest absolute Gasteiger partial charge is 0.353 e. The van der Waals surface area contributed by atoms with Crippen molar-refractivity contribution in [2.24, 2.45) is 0 Å². The quantitative estimate of drug-likeness (QED) is 0.838. The normalized spacial score (nSPS) is 16.0. The first-order valence-electron chi connectivity index (χ1n) is 7.02. The Morgan fingerprint density at radius 3 is 2.57 bits per heavy atom. The van der Waals surface area contributed by atoms with Crippen molar-refractivity contribution in [3.8, 4) is 0 Å². The molecule has 1 amide bonds. The number of nitrogens with one attached hydrogen (secondary N) is 2. The van der Waals surface area contributed by atoms with Gasteiger partial charge in [0.15, 0.2) is 0 Å². The first-order valence-corrected chi connectivity index (χ1v) is 8.89. The predicted octanol–water partition coefficient (Wildman–Crippen LogP) is 2.07. The number of hydrogen-bond donors (Lipinski definition) is 2. The Kier molecular flexibility index (Phi) is 5.61. The van der Waals surface area contributed by atoms with Crippen LogP contribution in [0.4, 0.5) is 0 Å². The molecule has 116 valence electrons. The molecule has 21 heavy (non-hydrogen) atoms. The standard InChI is InChI=1S/C14H19ClN2O3S/c15-12-7-3-4-8-13(12)21(19,20)16-10-9-14(18)17-11-5-1-2-6-11/h3-4,7-8,11,16H,1-2,5-6,9-10H2,(H,17,18).